The molecule has 2 unspecified atom stereocenters. The smallest absolute Gasteiger partial charge is 0.127 e. The standard InChI is InChI=1S/C16H26N2O/c1-4-17-10-14-11-18-6-5-16(14)19-15-8-12(2)7-13(3)9-15/h5-6,11-13,15,17H,4,7-10H2,1-3H3. The second-order valence-electron chi connectivity index (χ2n) is 5.92. The predicted molar refractivity (Wildman–Crippen MR) is 78.2 cm³/mol. The summed E-state index contributed by atoms with van der Waals surface area (Å²) in [5, 5.41) is 3.34. The van der Waals surface area contributed by atoms with Gasteiger partial charge >= 0.3 is 0 Å². The van der Waals surface area contributed by atoms with Crippen LogP contribution in [0.5, 0.6) is 5.75 Å². The van der Waals surface area contributed by atoms with Crippen LogP contribution in [0.4, 0.5) is 0 Å². The van der Waals surface area contributed by atoms with Gasteiger partial charge in [-0.1, -0.05) is 20.8 Å². The molecule has 1 aliphatic rings. The van der Waals surface area contributed by atoms with Crippen LogP contribution in [-0.4, -0.2) is 17.6 Å². The Hall–Kier alpha value is -1.09. The number of nitrogens with one attached hydrogen (secondary N) is 1. The second kappa shape index (κ2) is 6.90. The Balaban J connectivity index is 2.01. The van der Waals surface area contributed by atoms with E-state index in [1.54, 1.807) is 0 Å². The summed E-state index contributed by atoms with van der Waals surface area (Å²) in [6, 6.07) is 2.00. The maximum Gasteiger partial charge on any atom is 0.127 e. The van der Waals surface area contributed by atoms with Gasteiger partial charge in [-0.25, -0.2) is 0 Å². The molecule has 0 spiro atoms. The Bertz CT molecular complexity index is 384. The van der Waals surface area contributed by atoms with Gasteiger partial charge in [0.05, 0.1) is 6.10 Å². The number of nitrogens with zero attached hydrogens (tertiary/aromatic N) is 1. The van der Waals surface area contributed by atoms with Gasteiger partial charge in [0.15, 0.2) is 0 Å². The van der Waals surface area contributed by atoms with Crippen LogP contribution in [-0.2, 0) is 6.54 Å². The molecule has 0 bridgehead atoms. The van der Waals surface area contributed by atoms with Gasteiger partial charge in [-0.2, -0.15) is 0 Å². The van der Waals surface area contributed by atoms with E-state index >= 15 is 0 Å². The van der Waals surface area contributed by atoms with Crippen LogP contribution < -0.4 is 10.1 Å². The maximum absolute atomic E-state index is 6.24. The van der Waals surface area contributed by atoms with Crippen molar-refractivity contribution >= 4 is 0 Å². The summed E-state index contributed by atoms with van der Waals surface area (Å²) in [6.45, 7) is 8.57. The highest BCUT2D eigenvalue weighted by atomic mass is 16.5. The van der Waals surface area contributed by atoms with Gasteiger partial charge in [-0.15, -0.1) is 0 Å². The summed E-state index contributed by atoms with van der Waals surface area (Å²) >= 11 is 0. The predicted octanol–water partition coefficient (Wildman–Crippen LogP) is 3.39. The summed E-state index contributed by atoms with van der Waals surface area (Å²) in [5.41, 5.74) is 1.16. The fourth-order valence-corrected chi connectivity index (χ4v) is 3.07. The van der Waals surface area contributed by atoms with Crippen LogP contribution in [0, 0.1) is 11.8 Å². The SMILES string of the molecule is CCNCc1cnccc1OC1CC(C)CC(C)C1. The number of hydrogen-bond donors (Lipinski definition) is 1. The van der Waals surface area contributed by atoms with E-state index in [9.17, 15) is 0 Å². The average Bonchev–Trinajstić information content (AvgIpc) is 2.36. The first-order valence-corrected chi connectivity index (χ1v) is 7.49. The molecule has 0 aliphatic heterocycles. The summed E-state index contributed by atoms with van der Waals surface area (Å²) < 4.78 is 6.24. The van der Waals surface area contributed by atoms with Gasteiger partial charge < -0.3 is 10.1 Å². The first-order valence-electron chi connectivity index (χ1n) is 7.49. The monoisotopic (exact) mass is 262 g/mol. The highest BCUT2D eigenvalue weighted by molar-refractivity contribution is 5.30. The molecule has 2 rings (SSSR count). The summed E-state index contributed by atoms with van der Waals surface area (Å²) in [7, 11) is 0. The highest BCUT2D eigenvalue weighted by Crippen LogP contribution is 2.32. The minimum absolute atomic E-state index is 0.363. The quantitative estimate of drug-likeness (QED) is 0.883. The third-order valence-electron chi connectivity index (χ3n) is 3.85. The lowest BCUT2D eigenvalue weighted by Crippen LogP contribution is -2.29. The van der Waals surface area contributed by atoms with Crippen LogP contribution in [0.25, 0.3) is 0 Å². The third kappa shape index (κ3) is 4.20. The number of pyridine rings is 1. The molecule has 1 aromatic rings. The van der Waals surface area contributed by atoms with Gasteiger partial charge in [0, 0.05) is 24.5 Å². The fraction of sp³-hybridized carbons (Fsp3) is 0.688. The molecule has 2 atom stereocenters. The molecule has 3 heteroatoms. The van der Waals surface area contributed by atoms with E-state index < -0.39 is 0 Å². The zero-order valence-electron chi connectivity index (χ0n) is 12.4. The second-order valence-corrected chi connectivity index (χ2v) is 5.92. The van der Waals surface area contributed by atoms with E-state index in [1.807, 2.05) is 18.5 Å². The number of aromatic nitrogens is 1. The molecule has 0 saturated heterocycles. The Morgan fingerprint density at radius 2 is 2.00 bits per heavy atom. The van der Waals surface area contributed by atoms with E-state index in [0.717, 1.165) is 36.2 Å². The van der Waals surface area contributed by atoms with E-state index in [1.165, 1.54) is 19.3 Å². The zero-order valence-corrected chi connectivity index (χ0v) is 12.4. The topological polar surface area (TPSA) is 34.2 Å². The molecule has 106 valence electrons. The van der Waals surface area contributed by atoms with Crippen molar-refractivity contribution in [2.24, 2.45) is 11.8 Å². The van der Waals surface area contributed by atoms with Crippen molar-refractivity contribution in [1.82, 2.24) is 10.3 Å². The summed E-state index contributed by atoms with van der Waals surface area (Å²) in [5.74, 6) is 2.54. The minimum Gasteiger partial charge on any atom is -0.490 e. The lowest BCUT2D eigenvalue weighted by atomic mass is 9.82. The molecule has 0 amide bonds. The van der Waals surface area contributed by atoms with Gasteiger partial charge in [0.1, 0.15) is 5.75 Å². The van der Waals surface area contributed by atoms with Crippen LogP contribution >= 0.6 is 0 Å². The molecular weight excluding hydrogens is 236 g/mol. The van der Waals surface area contributed by atoms with Crippen molar-refractivity contribution < 1.29 is 4.74 Å². The van der Waals surface area contributed by atoms with Gasteiger partial charge in [-0.3, -0.25) is 4.98 Å². The minimum atomic E-state index is 0.363. The van der Waals surface area contributed by atoms with Crippen LogP contribution in [0.15, 0.2) is 18.5 Å². The summed E-state index contributed by atoms with van der Waals surface area (Å²) in [6.07, 6.45) is 7.77. The van der Waals surface area contributed by atoms with Gasteiger partial charge in [0.25, 0.3) is 0 Å². The lowest BCUT2D eigenvalue weighted by molar-refractivity contribution is 0.0998. The highest BCUT2D eigenvalue weighted by Gasteiger charge is 2.25. The van der Waals surface area contributed by atoms with Crippen molar-refractivity contribution in [3.05, 3.63) is 24.0 Å². The van der Waals surface area contributed by atoms with E-state index in [0.29, 0.717) is 6.10 Å². The van der Waals surface area contributed by atoms with E-state index in [4.69, 9.17) is 4.74 Å². The zero-order chi connectivity index (χ0) is 13.7. The van der Waals surface area contributed by atoms with Crippen LogP contribution in [0.3, 0.4) is 0 Å². The Labute approximate surface area is 116 Å². The molecule has 1 aromatic heterocycles. The first kappa shape index (κ1) is 14.3. The molecule has 1 saturated carbocycles. The van der Waals surface area contributed by atoms with Crippen molar-refractivity contribution in [1.29, 1.82) is 0 Å². The molecule has 1 fully saturated rings. The van der Waals surface area contributed by atoms with E-state index in [2.05, 4.69) is 31.1 Å². The van der Waals surface area contributed by atoms with E-state index in [-0.39, 0.29) is 0 Å². The Morgan fingerprint density at radius 1 is 1.26 bits per heavy atom. The molecule has 0 aromatic carbocycles. The van der Waals surface area contributed by atoms with Crippen LogP contribution in [0.2, 0.25) is 0 Å². The average molecular weight is 262 g/mol. The van der Waals surface area contributed by atoms with Crippen LogP contribution in [0.1, 0.15) is 45.6 Å². The molecule has 1 heterocycles. The van der Waals surface area contributed by atoms with Crippen molar-refractivity contribution in [3.8, 4) is 5.75 Å². The Kier molecular flexibility index (Phi) is 5.20. The molecular formula is C16H26N2O. The molecule has 19 heavy (non-hydrogen) atoms. The van der Waals surface area contributed by atoms with Crippen molar-refractivity contribution in [3.63, 3.8) is 0 Å². The first-order chi connectivity index (χ1) is 9.19. The third-order valence-corrected chi connectivity index (χ3v) is 3.85. The molecule has 1 N–H and O–H groups in total. The molecule has 1 aliphatic carbocycles. The van der Waals surface area contributed by atoms with Gasteiger partial charge in [-0.05, 0) is 43.7 Å². The number of rotatable bonds is 5. The molecule has 3 nitrogen and oxygen atoms in total. The van der Waals surface area contributed by atoms with Gasteiger partial charge in [0.2, 0.25) is 0 Å². The normalized spacial score (nSPS) is 27.2. The largest absolute Gasteiger partial charge is 0.490 e. The van der Waals surface area contributed by atoms with Crippen molar-refractivity contribution in [2.75, 3.05) is 6.54 Å². The lowest BCUT2D eigenvalue weighted by Gasteiger charge is -2.32. The number of hydrogen-bond acceptors (Lipinski definition) is 3. The molecule has 0 radical (unpaired) electrons. The summed E-state index contributed by atoms with van der Waals surface area (Å²) in [4.78, 5) is 4.20. The Morgan fingerprint density at radius 3 is 2.68 bits per heavy atom. The number of ether oxygens (including phenoxy) is 1. The fourth-order valence-electron chi connectivity index (χ4n) is 3.07. The maximum atomic E-state index is 6.24. The van der Waals surface area contributed by atoms with Crippen molar-refractivity contribution in [2.45, 2.75) is 52.7 Å².